The average Bonchev–Trinajstić information content (AvgIpc) is 2.69. The van der Waals surface area contributed by atoms with Crippen LogP contribution in [0.3, 0.4) is 0 Å². The van der Waals surface area contributed by atoms with E-state index in [1.807, 2.05) is 23.1 Å². The first-order chi connectivity index (χ1) is 12.3. The predicted molar refractivity (Wildman–Crippen MR) is 95.0 cm³/mol. The Morgan fingerprint density at radius 2 is 2.04 bits per heavy atom. The maximum absolute atomic E-state index is 12.7. The minimum Gasteiger partial charge on any atom is -0.368 e. The van der Waals surface area contributed by atoms with Crippen molar-refractivity contribution in [3.8, 4) is 0 Å². The fraction of sp³-hybridized carbons (Fsp3) is 0.250. The number of aromatic nitrogens is 2. The summed E-state index contributed by atoms with van der Waals surface area (Å²) in [5.41, 5.74) is 1.80. The van der Waals surface area contributed by atoms with Crippen LogP contribution >= 0.6 is 0 Å². The number of benzene rings is 2. The van der Waals surface area contributed by atoms with Crippen LogP contribution in [-0.4, -0.2) is 40.5 Å². The molecule has 1 saturated heterocycles. The lowest BCUT2D eigenvalue weighted by molar-refractivity contribution is -0.138. The first kappa shape index (κ1) is 15.7. The number of rotatable bonds is 3. The van der Waals surface area contributed by atoms with E-state index in [1.54, 1.807) is 18.6 Å². The molecule has 0 saturated carbocycles. The number of hydrogen-bond acceptors (Lipinski definition) is 4. The Morgan fingerprint density at radius 1 is 1.16 bits per heavy atom. The standard InChI is InChI=1S/C20H19N3O2/c24-20(12-15-5-6-16-3-1-2-4-17(16)11-15)23-9-10-25-19(14-23)18-13-21-7-8-22-18/h1-8,11,13,19H,9-10,12,14H2/t19-/m0/s1. The Balaban J connectivity index is 1.46. The molecule has 3 aromatic rings. The van der Waals surface area contributed by atoms with Crippen molar-refractivity contribution in [2.24, 2.45) is 0 Å². The van der Waals surface area contributed by atoms with Crippen molar-refractivity contribution in [1.82, 2.24) is 14.9 Å². The van der Waals surface area contributed by atoms with Crippen molar-refractivity contribution in [1.29, 1.82) is 0 Å². The van der Waals surface area contributed by atoms with Crippen LogP contribution in [0.2, 0.25) is 0 Å². The molecule has 25 heavy (non-hydrogen) atoms. The summed E-state index contributed by atoms with van der Waals surface area (Å²) in [7, 11) is 0. The van der Waals surface area contributed by atoms with Gasteiger partial charge in [0.2, 0.25) is 5.91 Å². The van der Waals surface area contributed by atoms with Gasteiger partial charge in [0.15, 0.2) is 0 Å². The number of hydrogen-bond donors (Lipinski definition) is 0. The maximum Gasteiger partial charge on any atom is 0.227 e. The molecule has 1 aliphatic heterocycles. The molecule has 0 radical (unpaired) electrons. The molecule has 0 bridgehead atoms. The number of ether oxygens (including phenoxy) is 1. The van der Waals surface area contributed by atoms with Crippen LogP contribution in [0.4, 0.5) is 0 Å². The van der Waals surface area contributed by atoms with Gasteiger partial charge in [-0.15, -0.1) is 0 Å². The number of morpholine rings is 1. The largest absolute Gasteiger partial charge is 0.368 e. The van der Waals surface area contributed by atoms with Gasteiger partial charge in [0, 0.05) is 18.9 Å². The third-order valence-corrected chi connectivity index (χ3v) is 4.50. The second-order valence-electron chi connectivity index (χ2n) is 6.19. The summed E-state index contributed by atoms with van der Waals surface area (Å²) >= 11 is 0. The van der Waals surface area contributed by atoms with Gasteiger partial charge in [-0.1, -0.05) is 42.5 Å². The lowest BCUT2D eigenvalue weighted by Crippen LogP contribution is -2.43. The zero-order valence-corrected chi connectivity index (χ0v) is 13.8. The molecule has 4 rings (SSSR count). The van der Waals surface area contributed by atoms with Gasteiger partial charge >= 0.3 is 0 Å². The highest BCUT2D eigenvalue weighted by Crippen LogP contribution is 2.21. The Labute approximate surface area is 146 Å². The van der Waals surface area contributed by atoms with Crippen molar-refractivity contribution < 1.29 is 9.53 Å². The molecule has 0 N–H and O–H groups in total. The number of carbonyl (C=O) groups excluding carboxylic acids is 1. The van der Waals surface area contributed by atoms with Crippen molar-refractivity contribution in [2.75, 3.05) is 19.7 Å². The molecule has 0 unspecified atom stereocenters. The summed E-state index contributed by atoms with van der Waals surface area (Å²) in [4.78, 5) is 22.9. The molecule has 0 spiro atoms. The lowest BCUT2D eigenvalue weighted by Gasteiger charge is -2.32. The molecule has 2 heterocycles. The predicted octanol–water partition coefficient (Wildman–Crippen LogP) is 2.77. The second kappa shape index (κ2) is 6.99. The SMILES string of the molecule is O=C(Cc1ccc2ccccc2c1)N1CCO[C@H](c2cnccn2)C1. The molecule has 0 aliphatic carbocycles. The van der Waals surface area contributed by atoms with E-state index >= 15 is 0 Å². The zero-order valence-electron chi connectivity index (χ0n) is 13.8. The van der Waals surface area contributed by atoms with Crippen LogP contribution < -0.4 is 0 Å². The van der Waals surface area contributed by atoms with Crippen molar-refractivity contribution >= 4 is 16.7 Å². The summed E-state index contributed by atoms with van der Waals surface area (Å²) in [5.74, 6) is 0.118. The molecule has 126 valence electrons. The Bertz CT molecular complexity index is 882. The summed E-state index contributed by atoms with van der Waals surface area (Å²) in [5, 5.41) is 2.35. The molecule has 1 fully saturated rings. The average molecular weight is 333 g/mol. The highest BCUT2D eigenvalue weighted by molar-refractivity contribution is 5.85. The van der Waals surface area contributed by atoms with Gasteiger partial charge in [0.25, 0.3) is 0 Å². The first-order valence-electron chi connectivity index (χ1n) is 8.42. The number of amides is 1. The molecular formula is C20H19N3O2. The monoisotopic (exact) mass is 333 g/mol. The minimum absolute atomic E-state index is 0.118. The van der Waals surface area contributed by atoms with Crippen molar-refractivity contribution in [2.45, 2.75) is 12.5 Å². The van der Waals surface area contributed by atoms with E-state index in [2.05, 4.69) is 34.2 Å². The molecule has 2 aromatic carbocycles. The summed E-state index contributed by atoms with van der Waals surface area (Å²) in [6.45, 7) is 1.65. The number of nitrogens with zero attached hydrogens (tertiary/aromatic N) is 3. The smallest absolute Gasteiger partial charge is 0.227 e. The fourth-order valence-electron chi connectivity index (χ4n) is 3.17. The van der Waals surface area contributed by atoms with Crippen LogP contribution in [-0.2, 0) is 16.0 Å². The van der Waals surface area contributed by atoms with Crippen LogP contribution in [0.5, 0.6) is 0 Å². The van der Waals surface area contributed by atoms with E-state index < -0.39 is 0 Å². The summed E-state index contributed by atoms with van der Waals surface area (Å²) in [6, 6.07) is 14.4. The van der Waals surface area contributed by atoms with Crippen molar-refractivity contribution in [3.05, 3.63) is 72.3 Å². The maximum atomic E-state index is 12.7. The second-order valence-corrected chi connectivity index (χ2v) is 6.19. The van der Waals surface area contributed by atoms with E-state index in [0.29, 0.717) is 26.1 Å². The van der Waals surface area contributed by atoms with Gasteiger partial charge in [0.05, 0.1) is 31.5 Å². The van der Waals surface area contributed by atoms with Gasteiger partial charge in [-0.2, -0.15) is 0 Å². The third kappa shape index (κ3) is 3.51. The van der Waals surface area contributed by atoms with Crippen LogP contribution in [0.1, 0.15) is 17.4 Å². The minimum atomic E-state index is -0.206. The fourth-order valence-corrected chi connectivity index (χ4v) is 3.17. The van der Waals surface area contributed by atoms with E-state index in [9.17, 15) is 4.79 Å². The highest BCUT2D eigenvalue weighted by atomic mass is 16.5. The molecule has 5 nitrogen and oxygen atoms in total. The lowest BCUT2D eigenvalue weighted by atomic mass is 10.0. The quantitative estimate of drug-likeness (QED) is 0.739. The first-order valence-corrected chi connectivity index (χ1v) is 8.42. The molecular weight excluding hydrogens is 314 g/mol. The Hall–Kier alpha value is -2.79. The van der Waals surface area contributed by atoms with E-state index in [1.165, 1.54) is 5.39 Å². The topological polar surface area (TPSA) is 55.3 Å². The Morgan fingerprint density at radius 3 is 2.88 bits per heavy atom. The van der Waals surface area contributed by atoms with Crippen molar-refractivity contribution in [3.63, 3.8) is 0 Å². The van der Waals surface area contributed by atoms with Gasteiger partial charge < -0.3 is 9.64 Å². The van der Waals surface area contributed by atoms with E-state index in [-0.39, 0.29) is 12.0 Å². The van der Waals surface area contributed by atoms with Crippen LogP contribution in [0.15, 0.2) is 61.1 Å². The molecule has 1 amide bonds. The Kier molecular flexibility index (Phi) is 4.39. The third-order valence-electron chi connectivity index (χ3n) is 4.50. The molecule has 1 atom stereocenters. The van der Waals surface area contributed by atoms with Gasteiger partial charge in [-0.3, -0.25) is 14.8 Å². The van der Waals surface area contributed by atoms with E-state index in [4.69, 9.17) is 4.74 Å². The number of fused-ring (bicyclic) bond motifs is 1. The zero-order chi connectivity index (χ0) is 17.1. The number of carbonyl (C=O) groups is 1. The van der Waals surface area contributed by atoms with Gasteiger partial charge in [-0.05, 0) is 16.3 Å². The van der Waals surface area contributed by atoms with Gasteiger partial charge in [-0.25, -0.2) is 0 Å². The molecule has 5 heteroatoms. The van der Waals surface area contributed by atoms with E-state index in [0.717, 1.165) is 16.6 Å². The van der Waals surface area contributed by atoms with Crippen LogP contribution in [0, 0.1) is 0 Å². The van der Waals surface area contributed by atoms with Gasteiger partial charge in [0.1, 0.15) is 6.10 Å². The molecule has 1 aliphatic rings. The highest BCUT2D eigenvalue weighted by Gasteiger charge is 2.26. The summed E-state index contributed by atoms with van der Waals surface area (Å²) < 4.78 is 5.76. The normalized spacial score (nSPS) is 17.6. The van der Waals surface area contributed by atoms with Crippen LogP contribution in [0.25, 0.3) is 10.8 Å². The summed E-state index contributed by atoms with van der Waals surface area (Å²) in [6.07, 6.45) is 5.17. The molecule has 1 aromatic heterocycles.